The summed E-state index contributed by atoms with van der Waals surface area (Å²) in [6.07, 6.45) is 6.40. The van der Waals surface area contributed by atoms with E-state index < -0.39 is 5.91 Å². The highest BCUT2D eigenvalue weighted by molar-refractivity contribution is 6.31. The van der Waals surface area contributed by atoms with E-state index in [-0.39, 0.29) is 11.4 Å². The van der Waals surface area contributed by atoms with Crippen molar-refractivity contribution in [2.45, 2.75) is 13.3 Å². The average Bonchev–Trinajstić information content (AvgIpc) is 3.30. The van der Waals surface area contributed by atoms with E-state index in [1.807, 2.05) is 6.92 Å². The zero-order valence-electron chi connectivity index (χ0n) is 14.4. The van der Waals surface area contributed by atoms with Gasteiger partial charge in [-0.3, -0.25) is 9.89 Å². The number of H-pyrrole nitrogens is 1. The minimum atomic E-state index is -0.423. The molecule has 4 N–H and O–H groups in total. The number of nitrogens with one attached hydrogen (secondary N) is 3. The molecule has 0 aliphatic carbocycles. The SMILES string of the molecule is CC/C=C(/C(=O)Nc1cn[nH]c1-c1cc(Cl)ccc1O)n1nccc1C=N. The van der Waals surface area contributed by atoms with E-state index >= 15 is 0 Å². The number of carbonyl (C=O) groups is 1. The van der Waals surface area contributed by atoms with E-state index in [4.69, 9.17) is 17.0 Å². The van der Waals surface area contributed by atoms with Crippen LogP contribution in [0, 0.1) is 5.41 Å². The summed E-state index contributed by atoms with van der Waals surface area (Å²) in [6.45, 7) is 1.90. The zero-order chi connectivity index (χ0) is 19.4. The number of aromatic amines is 1. The lowest BCUT2D eigenvalue weighted by atomic mass is 10.1. The first-order chi connectivity index (χ1) is 13.0. The van der Waals surface area contributed by atoms with Crippen molar-refractivity contribution in [1.82, 2.24) is 20.0 Å². The number of phenols is 1. The molecule has 0 atom stereocenters. The van der Waals surface area contributed by atoms with Gasteiger partial charge in [-0.1, -0.05) is 24.6 Å². The molecule has 3 rings (SSSR count). The van der Waals surface area contributed by atoms with Crippen LogP contribution in [-0.2, 0) is 4.79 Å². The molecule has 0 bridgehead atoms. The second-order valence-electron chi connectivity index (χ2n) is 5.58. The third kappa shape index (κ3) is 3.75. The van der Waals surface area contributed by atoms with Crippen LogP contribution in [0.5, 0.6) is 5.75 Å². The minimum absolute atomic E-state index is 0.00152. The fourth-order valence-corrected chi connectivity index (χ4v) is 2.75. The van der Waals surface area contributed by atoms with Gasteiger partial charge in [-0.15, -0.1) is 0 Å². The molecule has 27 heavy (non-hydrogen) atoms. The maximum Gasteiger partial charge on any atom is 0.274 e. The zero-order valence-corrected chi connectivity index (χ0v) is 15.2. The van der Waals surface area contributed by atoms with Gasteiger partial charge in [-0.25, -0.2) is 4.68 Å². The van der Waals surface area contributed by atoms with Gasteiger partial charge in [0.2, 0.25) is 0 Å². The van der Waals surface area contributed by atoms with Crippen LogP contribution in [0.15, 0.2) is 42.7 Å². The van der Waals surface area contributed by atoms with E-state index in [2.05, 4.69) is 20.6 Å². The number of halogens is 1. The Morgan fingerprint density at radius 3 is 3.00 bits per heavy atom. The van der Waals surface area contributed by atoms with E-state index in [9.17, 15) is 9.90 Å². The molecular formula is C18H17ClN6O2. The van der Waals surface area contributed by atoms with Crippen LogP contribution in [0.25, 0.3) is 17.0 Å². The van der Waals surface area contributed by atoms with Gasteiger partial charge in [0.1, 0.15) is 11.4 Å². The van der Waals surface area contributed by atoms with Crippen LogP contribution in [-0.4, -0.2) is 37.2 Å². The Labute approximate surface area is 160 Å². The van der Waals surface area contributed by atoms with Crippen LogP contribution in [0.4, 0.5) is 5.69 Å². The fourth-order valence-electron chi connectivity index (χ4n) is 2.57. The van der Waals surface area contributed by atoms with E-state index in [1.165, 1.54) is 23.1 Å². The number of allylic oxidation sites excluding steroid dienone is 1. The predicted molar refractivity (Wildman–Crippen MR) is 104 cm³/mol. The highest BCUT2D eigenvalue weighted by Crippen LogP contribution is 2.34. The Kier molecular flexibility index (Phi) is 5.37. The number of phenolic OH excluding ortho intramolecular Hbond substituents is 1. The summed E-state index contributed by atoms with van der Waals surface area (Å²) in [5.41, 5.74) is 1.97. The molecule has 9 heteroatoms. The molecule has 0 aliphatic rings. The smallest absolute Gasteiger partial charge is 0.274 e. The van der Waals surface area contributed by atoms with Gasteiger partial charge in [0.05, 0.1) is 29.5 Å². The molecule has 0 spiro atoms. The molecule has 0 saturated carbocycles. The van der Waals surface area contributed by atoms with E-state index in [0.29, 0.717) is 34.1 Å². The second kappa shape index (κ2) is 7.88. The lowest BCUT2D eigenvalue weighted by Crippen LogP contribution is -2.20. The Morgan fingerprint density at radius 2 is 2.26 bits per heavy atom. The van der Waals surface area contributed by atoms with Crippen LogP contribution >= 0.6 is 11.6 Å². The summed E-state index contributed by atoms with van der Waals surface area (Å²) in [5.74, 6) is -0.422. The summed E-state index contributed by atoms with van der Waals surface area (Å²) >= 11 is 6.01. The van der Waals surface area contributed by atoms with E-state index in [0.717, 1.165) is 6.21 Å². The largest absolute Gasteiger partial charge is 0.507 e. The molecule has 0 fully saturated rings. The highest BCUT2D eigenvalue weighted by Gasteiger charge is 2.19. The second-order valence-corrected chi connectivity index (χ2v) is 6.02. The van der Waals surface area contributed by atoms with Crippen molar-refractivity contribution in [1.29, 1.82) is 5.41 Å². The summed E-state index contributed by atoms with van der Waals surface area (Å²) in [5, 5.41) is 31.6. The van der Waals surface area contributed by atoms with Gasteiger partial charge in [0.15, 0.2) is 0 Å². The monoisotopic (exact) mass is 384 g/mol. The van der Waals surface area contributed by atoms with Gasteiger partial charge in [0.25, 0.3) is 5.91 Å². The first-order valence-corrected chi connectivity index (χ1v) is 8.51. The summed E-state index contributed by atoms with van der Waals surface area (Å²) in [6, 6.07) is 6.24. The quantitative estimate of drug-likeness (QED) is 0.384. The number of amides is 1. The third-order valence-electron chi connectivity index (χ3n) is 3.79. The Bertz CT molecular complexity index is 1020. The van der Waals surface area contributed by atoms with Gasteiger partial charge in [0, 0.05) is 16.8 Å². The lowest BCUT2D eigenvalue weighted by molar-refractivity contribution is -0.111. The molecule has 8 nitrogen and oxygen atoms in total. The van der Waals surface area contributed by atoms with Crippen LogP contribution in [0.3, 0.4) is 0 Å². The Hall–Kier alpha value is -3.39. The summed E-state index contributed by atoms with van der Waals surface area (Å²) in [7, 11) is 0. The molecule has 0 aliphatic heterocycles. The Balaban J connectivity index is 1.95. The molecule has 2 heterocycles. The summed E-state index contributed by atoms with van der Waals surface area (Å²) in [4.78, 5) is 12.9. The van der Waals surface area contributed by atoms with Crippen LogP contribution in [0.1, 0.15) is 19.0 Å². The first kappa shape index (κ1) is 18.4. The number of benzene rings is 1. The summed E-state index contributed by atoms with van der Waals surface area (Å²) < 4.78 is 1.39. The van der Waals surface area contributed by atoms with Crippen molar-refractivity contribution in [3.05, 3.63) is 53.5 Å². The molecule has 1 aromatic carbocycles. The van der Waals surface area contributed by atoms with Gasteiger partial charge in [-0.2, -0.15) is 10.2 Å². The number of anilines is 1. The molecule has 0 unspecified atom stereocenters. The maximum atomic E-state index is 12.9. The molecule has 0 radical (unpaired) electrons. The molecular weight excluding hydrogens is 368 g/mol. The molecule has 1 amide bonds. The molecule has 0 saturated heterocycles. The normalized spacial score (nSPS) is 11.4. The number of aromatic hydroxyl groups is 1. The number of carbonyl (C=O) groups excluding carboxylic acids is 1. The number of rotatable bonds is 6. The average molecular weight is 385 g/mol. The van der Waals surface area contributed by atoms with Crippen molar-refractivity contribution in [2.24, 2.45) is 0 Å². The standard InChI is InChI=1S/C18H17ClN6O2/c1-2-3-15(25-12(9-20)6-7-22-25)18(27)23-14-10-21-24-17(14)13-8-11(19)4-5-16(13)26/h3-10,20,26H,2H2,1H3,(H,21,24)(H,23,27)/b15-3-,20-9?. The first-order valence-electron chi connectivity index (χ1n) is 8.13. The lowest BCUT2D eigenvalue weighted by Gasteiger charge is -2.11. The number of hydrogen-bond donors (Lipinski definition) is 4. The third-order valence-corrected chi connectivity index (χ3v) is 4.03. The van der Waals surface area contributed by atoms with Crippen molar-refractivity contribution in [2.75, 3.05) is 5.32 Å². The van der Waals surface area contributed by atoms with Gasteiger partial charge in [-0.05, 0) is 30.7 Å². The van der Waals surface area contributed by atoms with Gasteiger partial charge < -0.3 is 15.8 Å². The number of hydrogen-bond acceptors (Lipinski definition) is 5. The highest BCUT2D eigenvalue weighted by atomic mass is 35.5. The fraction of sp³-hybridized carbons (Fsp3) is 0.111. The van der Waals surface area contributed by atoms with E-state index in [1.54, 1.807) is 24.3 Å². The predicted octanol–water partition coefficient (Wildman–Crippen LogP) is 3.52. The molecule has 3 aromatic rings. The van der Waals surface area contributed by atoms with Crippen LogP contribution in [0.2, 0.25) is 5.02 Å². The van der Waals surface area contributed by atoms with Crippen molar-refractivity contribution in [3.63, 3.8) is 0 Å². The van der Waals surface area contributed by atoms with Crippen molar-refractivity contribution < 1.29 is 9.90 Å². The van der Waals surface area contributed by atoms with Crippen LogP contribution < -0.4 is 5.32 Å². The van der Waals surface area contributed by atoms with Crippen molar-refractivity contribution >= 4 is 35.1 Å². The minimum Gasteiger partial charge on any atom is -0.507 e. The number of nitrogens with zero attached hydrogens (tertiary/aromatic N) is 3. The van der Waals surface area contributed by atoms with Gasteiger partial charge >= 0.3 is 0 Å². The maximum absolute atomic E-state index is 12.9. The number of aromatic nitrogens is 4. The topological polar surface area (TPSA) is 120 Å². The van der Waals surface area contributed by atoms with Crippen molar-refractivity contribution in [3.8, 4) is 17.0 Å². The molecule has 2 aromatic heterocycles. The Morgan fingerprint density at radius 1 is 1.44 bits per heavy atom. The molecule has 138 valence electrons.